The minimum atomic E-state index is -4.77. The Balaban J connectivity index is 3.49. The summed E-state index contributed by atoms with van der Waals surface area (Å²) in [5.41, 5.74) is 2.27. The first kappa shape index (κ1) is 12.8. The second kappa shape index (κ2) is 4.32. The smallest absolute Gasteiger partial charge is 0.326 e. The average molecular weight is 240 g/mol. The number of alkyl halides is 5. The number of aryl methyl sites for hydroxylation is 1. The van der Waals surface area contributed by atoms with Gasteiger partial charge in [0.25, 0.3) is 6.43 Å². The van der Waals surface area contributed by atoms with Crippen molar-refractivity contribution in [2.75, 3.05) is 0 Å². The fraction of sp³-hybridized carbons (Fsp3) is 0.444. The van der Waals surface area contributed by atoms with Crippen molar-refractivity contribution in [3.63, 3.8) is 0 Å². The van der Waals surface area contributed by atoms with Crippen molar-refractivity contribution < 1.29 is 22.0 Å². The van der Waals surface area contributed by atoms with Crippen LogP contribution >= 0.6 is 0 Å². The Morgan fingerprint density at radius 2 is 1.94 bits per heavy atom. The van der Waals surface area contributed by atoms with Crippen LogP contribution in [0, 0.1) is 6.92 Å². The van der Waals surface area contributed by atoms with Crippen LogP contribution in [0.1, 0.15) is 28.9 Å². The molecule has 1 aromatic rings. The summed E-state index contributed by atoms with van der Waals surface area (Å²) in [5, 5.41) is 0. The minimum Gasteiger partial charge on any atom is -0.326 e. The molecule has 7 heteroatoms. The maximum Gasteiger partial charge on any atom is 0.433 e. The van der Waals surface area contributed by atoms with E-state index >= 15 is 0 Å². The standard InChI is InChI=1S/C9H9F5N2/c1-4-2-5(8(10)11)6(3-15)7(16-4)9(12,13)14/h2,8H,3,15H2,1H3. The van der Waals surface area contributed by atoms with Gasteiger partial charge in [0.2, 0.25) is 0 Å². The van der Waals surface area contributed by atoms with Gasteiger partial charge in [-0.2, -0.15) is 13.2 Å². The van der Waals surface area contributed by atoms with Crippen molar-refractivity contribution in [3.8, 4) is 0 Å². The molecule has 0 atom stereocenters. The van der Waals surface area contributed by atoms with E-state index in [9.17, 15) is 22.0 Å². The van der Waals surface area contributed by atoms with Crippen LogP contribution in [0.3, 0.4) is 0 Å². The lowest BCUT2D eigenvalue weighted by molar-refractivity contribution is -0.142. The third kappa shape index (κ3) is 2.46. The molecule has 2 nitrogen and oxygen atoms in total. The molecule has 0 aliphatic heterocycles. The van der Waals surface area contributed by atoms with Crippen molar-refractivity contribution >= 4 is 0 Å². The van der Waals surface area contributed by atoms with Gasteiger partial charge in [0.15, 0.2) is 0 Å². The van der Waals surface area contributed by atoms with Gasteiger partial charge < -0.3 is 5.73 Å². The number of rotatable bonds is 2. The van der Waals surface area contributed by atoms with E-state index in [0.29, 0.717) is 0 Å². The third-order valence-electron chi connectivity index (χ3n) is 1.99. The van der Waals surface area contributed by atoms with E-state index in [0.717, 1.165) is 6.07 Å². The first-order chi connectivity index (χ1) is 7.27. The number of nitrogens with two attached hydrogens (primary N) is 1. The molecular weight excluding hydrogens is 231 g/mol. The molecule has 0 bridgehead atoms. The molecule has 0 spiro atoms. The maximum atomic E-state index is 12.5. The Bertz CT molecular complexity index is 386. The quantitative estimate of drug-likeness (QED) is 0.807. The molecule has 1 aromatic heterocycles. The number of hydrogen-bond acceptors (Lipinski definition) is 2. The summed E-state index contributed by atoms with van der Waals surface area (Å²) >= 11 is 0. The van der Waals surface area contributed by atoms with Gasteiger partial charge in [0, 0.05) is 23.4 Å². The molecule has 0 saturated carbocycles. The Morgan fingerprint density at radius 3 is 2.31 bits per heavy atom. The van der Waals surface area contributed by atoms with Gasteiger partial charge in [-0.05, 0) is 13.0 Å². The number of pyridine rings is 1. The zero-order chi connectivity index (χ0) is 12.5. The van der Waals surface area contributed by atoms with Crippen LogP contribution in [-0.2, 0) is 12.7 Å². The van der Waals surface area contributed by atoms with Gasteiger partial charge in [0.05, 0.1) is 0 Å². The zero-order valence-corrected chi connectivity index (χ0v) is 8.28. The molecule has 0 fully saturated rings. The minimum absolute atomic E-state index is 0.111. The zero-order valence-electron chi connectivity index (χ0n) is 8.28. The third-order valence-corrected chi connectivity index (χ3v) is 1.99. The normalized spacial score (nSPS) is 12.2. The highest BCUT2D eigenvalue weighted by Gasteiger charge is 2.37. The first-order valence-electron chi connectivity index (χ1n) is 4.33. The average Bonchev–Trinajstić information content (AvgIpc) is 2.14. The van der Waals surface area contributed by atoms with Crippen LogP contribution in [0.25, 0.3) is 0 Å². The molecule has 0 aromatic carbocycles. The fourth-order valence-electron chi connectivity index (χ4n) is 1.37. The van der Waals surface area contributed by atoms with E-state index in [1.807, 2.05) is 0 Å². The topological polar surface area (TPSA) is 38.9 Å². The molecule has 16 heavy (non-hydrogen) atoms. The predicted octanol–water partition coefficient (Wildman–Crippen LogP) is 2.81. The summed E-state index contributed by atoms with van der Waals surface area (Å²) in [6.45, 7) is 0.600. The van der Waals surface area contributed by atoms with E-state index in [2.05, 4.69) is 4.98 Å². The molecular formula is C9H9F5N2. The van der Waals surface area contributed by atoms with Gasteiger partial charge in [-0.1, -0.05) is 0 Å². The molecule has 90 valence electrons. The van der Waals surface area contributed by atoms with Gasteiger partial charge in [0.1, 0.15) is 5.69 Å². The summed E-state index contributed by atoms with van der Waals surface area (Å²) in [5.74, 6) is 0. The van der Waals surface area contributed by atoms with Gasteiger partial charge in [-0.3, -0.25) is 0 Å². The number of aromatic nitrogens is 1. The summed E-state index contributed by atoms with van der Waals surface area (Å²) in [7, 11) is 0. The second-order valence-corrected chi connectivity index (χ2v) is 3.18. The summed E-state index contributed by atoms with van der Waals surface area (Å²) < 4.78 is 62.5. The molecule has 0 amide bonds. The van der Waals surface area contributed by atoms with Gasteiger partial charge >= 0.3 is 6.18 Å². The number of halogens is 5. The van der Waals surface area contributed by atoms with Crippen molar-refractivity contribution in [2.45, 2.75) is 26.1 Å². The molecule has 0 saturated heterocycles. The summed E-state index contributed by atoms with van der Waals surface area (Å²) in [4.78, 5) is 3.22. The van der Waals surface area contributed by atoms with E-state index in [4.69, 9.17) is 5.73 Å². The van der Waals surface area contributed by atoms with Crippen LogP contribution in [0.2, 0.25) is 0 Å². The molecule has 0 aliphatic carbocycles. The highest BCUT2D eigenvalue weighted by Crippen LogP contribution is 2.35. The molecule has 2 N–H and O–H groups in total. The molecule has 1 rings (SSSR count). The Kier molecular flexibility index (Phi) is 3.47. The van der Waals surface area contributed by atoms with Crippen molar-refractivity contribution in [2.24, 2.45) is 5.73 Å². The van der Waals surface area contributed by atoms with Gasteiger partial charge in [-0.25, -0.2) is 13.8 Å². The largest absolute Gasteiger partial charge is 0.433 e. The molecule has 0 unspecified atom stereocenters. The Labute approximate surface area is 88.3 Å². The highest BCUT2D eigenvalue weighted by atomic mass is 19.4. The first-order valence-corrected chi connectivity index (χ1v) is 4.33. The van der Waals surface area contributed by atoms with Crippen LogP contribution in [0.5, 0.6) is 0 Å². The fourth-order valence-corrected chi connectivity index (χ4v) is 1.37. The SMILES string of the molecule is Cc1cc(C(F)F)c(CN)c(C(F)(F)F)n1. The second-order valence-electron chi connectivity index (χ2n) is 3.18. The maximum absolute atomic E-state index is 12.5. The predicted molar refractivity (Wildman–Crippen MR) is 46.8 cm³/mol. The van der Waals surface area contributed by atoms with Crippen molar-refractivity contribution in [1.82, 2.24) is 4.98 Å². The van der Waals surface area contributed by atoms with E-state index < -0.39 is 36.0 Å². The van der Waals surface area contributed by atoms with Crippen molar-refractivity contribution in [1.29, 1.82) is 0 Å². The van der Waals surface area contributed by atoms with E-state index in [1.165, 1.54) is 6.92 Å². The molecule has 0 aliphatic rings. The lowest BCUT2D eigenvalue weighted by atomic mass is 10.0. The summed E-state index contributed by atoms with van der Waals surface area (Å²) in [6.07, 6.45) is -7.77. The van der Waals surface area contributed by atoms with Crippen LogP contribution < -0.4 is 5.73 Å². The van der Waals surface area contributed by atoms with Crippen molar-refractivity contribution in [3.05, 3.63) is 28.6 Å². The van der Waals surface area contributed by atoms with E-state index in [1.54, 1.807) is 0 Å². The lowest BCUT2D eigenvalue weighted by Gasteiger charge is -2.15. The molecule has 0 radical (unpaired) electrons. The van der Waals surface area contributed by atoms with Crippen LogP contribution in [0.15, 0.2) is 6.07 Å². The molecule has 1 heterocycles. The highest BCUT2D eigenvalue weighted by molar-refractivity contribution is 5.35. The number of nitrogens with zero attached hydrogens (tertiary/aromatic N) is 1. The monoisotopic (exact) mass is 240 g/mol. The van der Waals surface area contributed by atoms with Crippen LogP contribution in [0.4, 0.5) is 22.0 Å². The Hall–Kier alpha value is -1.24. The Morgan fingerprint density at radius 1 is 1.38 bits per heavy atom. The van der Waals surface area contributed by atoms with Crippen LogP contribution in [-0.4, -0.2) is 4.98 Å². The summed E-state index contributed by atoms with van der Waals surface area (Å²) in [6, 6.07) is 0.919. The van der Waals surface area contributed by atoms with E-state index in [-0.39, 0.29) is 5.69 Å². The number of hydrogen-bond donors (Lipinski definition) is 1. The van der Waals surface area contributed by atoms with Gasteiger partial charge in [-0.15, -0.1) is 0 Å². The lowest BCUT2D eigenvalue weighted by Crippen LogP contribution is -2.17.